The highest BCUT2D eigenvalue weighted by atomic mass is 16.5. The molecule has 0 N–H and O–H groups in total. The Morgan fingerprint density at radius 1 is 0.868 bits per heavy atom. The molecule has 0 radical (unpaired) electrons. The quantitative estimate of drug-likeness (QED) is 0.265. The van der Waals surface area contributed by atoms with E-state index in [1.54, 1.807) is 44.6 Å². The van der Waals surface area contributed by atoms with E-state index in [0.717, 1.165) is 39.4 Å². The Bertz CT molecular complexity index is 1570. The maximum atomic E-state index is 5.54. The zero-order valence-electron chi connectivity index (χ0n) is 21.7. The third-order valence-corrected chi connectivity index (χ3v) is 6.07. The van der Waals surface area contributed by atoms with Crippen molar-refractivity contribution in [1.29, 1.82) is 0 Å². The first kappa shape index (κ1) is 24.8. The average molecular weight is 509 g/mol. The largest absolute Gasteiger partial charge is 0.497 e. The summed E-state index contributed by atoms with van der Waals surface area (Å²) in [6, 6.07) is 15.6. The summed E-state index contributed by atoms with van der Waals surface area (Å²) in [5, 5.41) is 4.26. The van der Waals surface area contributed by atoms with Crippen molar-refractivity contribution in [2.24, 2.45) is 7.05 Å². The summed E-state index contributed by atoms with van der Waals surface area (Å²) >= 11 is 0. The van der Waals surface area contributed by atoms with E-state index in [-0.39, 0.29) is 0 Å². The van der Waals surface area contributed by atoms with Crippen LogP contribution in [0.3, 0.4) is 0 Å². The molecule has 3 aromatic heterocycles. The van der Waals surface area contributed by atoms with E-state index in [2.05, 4.69) is 20.0 Å². The highest BCUT2D eigenvalue weighted by Crippen LogP contribution is 2.34. The zero-order chi connectivity index (χ0) is 26.5. The first-order chi connectivity index (χ1) is 18.6. The number of anilines is 2. The molecule has 0 aliphatic rings. The van der Waals surface area contributed by atoms with Crippen molar-refractivity contribution in [2.45, 2.75) is 0 Å². The van der Waals surface area contributed by atoms with E-state index < -0.39 is 0 Å². The van der Waals surface area contributed by atoms with Crippen LogP contribution in [-0.2, 0) is 7.05 Å². The second kappa shape index (κ2) is 11.0. The number of benzene rings is 2. The molecule has 0 aliphatic heterocycles. The molecule has 9 nitrogen and oxygen atoms in total. The number of ether oxygens (including phenoxy) is 3. The van der Waals surface area contributed by atoms with E-state index in [0.29, 0.717) is 23.8 Å². The first-order valence-electron chi connectivity index (χ1n) is 12.0. The molecule has 0 saturated carbocycles. The van der Waals surface area contributed by atoms with Gasteiger partial charge in [-0.1, -0.05) is 6.08 Å². The Morgan fingerprint density at radius 3 is 2.39 bits per heavy atom. The lowest BCUT2D eigenvalue weighted by atomic mass is 10.2. The number of aromatic nitrogens is 5. The van der Waals surface area contributed by atoms with Gasteiger partial charge < -0.3 is 19.1 Å². The fourth-order valence-electron chi connectivity index (χ4n) is 4.14. The van der Waals surface area contributed by atoms with Crippen LogP contribution in [0.1, 0.15) is 5.69 Å². The van der Waals surface area contributed by atoms with Gasteiger partial charge in [0.1, 0.15) is 22.9 Å². The van der Waals surface area contributed by atoms with Crippen LogP contribution in [0.25, 0.3) is 28.4 Å². The lowest BCUT2D eigenvalue weighted by Gasteiger charge is -2.25. The summed E-state index contributed by atoms with van der Waals surface area (Å²) in [7, 11) is 6.80. The molecule has 3 heterocycles. The van der Waals surface area contributed by atoms with Gasteiger partial charge in [0.15, 0.2) is 0 Å². The minimum atomic E-state index is 0.539. The third-order valence-electron chi connectivity index (χ3n) is 6.07. The van der Waals surface area contributed by atoms with E-state index in [1.165, 1.54) is 0 Å². The van der Waals surface area contributed by atoms with Gasteiger partial charge in [-0.15, -0.1) is 0 Å². The van der Waals surface area contributed by atoms with Crippen LogP contribution in [0.2, 0.25) is 0 Å². The minimum absolute atomic E-state index is 0.539. The van der Waals surface area contributed by atoms with Gasteiger partial charge >= 0.3 is 0 Å². The zero-order valence-corrected chi connectivity index (χ0v) is 21.7. The molecule has 192 valence electrons. The molecule has 0 amide bonds. The van der Waals surface area contributed by atoms with E-state index in [1.807, 2.05) is 73.9 Å². The number of aryl methyl sites for hydroxylation is 1. The maximum absolute atomic E-state index is 5.54. The van der Waals surface area contributed by atoms with Gasteiger partial charge in [-0.2, -0.15) is 5.10 Å². The predicted octanol–water partition coefficient (Wildman–Crippen LogP) is 5.30. The van der Waals surface area contributed by atoms with Crippen molar-refractivity contribution in [3.63, 3.8) is 0 Å². The molecule has 5 rings (SSSR count). The van der Waals surface area contributed by atoms with Crippen molar-refractivity contribution in [3.8, 4) is 28.5 Å². The number of pyridine rings is 1. The molecular formula is C29H28N6O3. The van der Waals surface area contributed by atoms with Crippen LogP contribution in [0.5, 0.6) is 17.2 Å². The number of fused-ring (bicyclic) bond motifs is 1. The van der Waals surface area contributed by atoms with Crippen LogP contribution in [0.4, 0.5) is 11.4 Å². The molecule has 0 spiro atoms. The number of methoxy groups -OCH3 is 3. The summed E-state index contributed by atoms with van der Waals surface area (Å²) in [5.74, 6) is 2.10. The van der Waals surface area contributed by atoms with Gasteiger partial charge in [0.2, 0.25) is 0 Å². The van der Waals surface area contributed by atoms with Crippen molar-refractivity contribution < 1.29 is 14.2 Å². The Labute approximate surface area is 221 Å². The molecule has 38 heavy (non-hydrogen) atoms. The Kier molecular flexibility index (Phi) is 7.17. The number of nitrogens with zero attached hydrogens (tertiary/aromatic N) is 6. The number of rotatable bonds is 9. The standard InChI is InChI=1S/C29H28N6O3/c1-34-19-20(17-32-34)28-18-31-25-10-9-21(15-27(25)33-28)35(22-13-23(36-2)16-24(14-22)37-3)12-6-7-26-29(38-4)8-5-11-30-26/h5-11,13-19H,12H2,1-4H3/b7-6-. The van der Waals surface area contributed by atoms with Gasteiger partial charge in [-0.25, -0.2) is 4.98 Å². The third kappa shape index (κ3) is 5.27. The maximum Gasteiger partial charge on any atom is 0.144 e. The fourth-order valence-corrected chi connectivity index (χ4v) is 4.14. The molecule has 0 unspecified atom stereocenters. The highest BCUT2D eigenvalue weighted by molar-refractivity contribution is 5.83. The molecule has 2 aromatic carbocycles. The summed E-state index contributed by atoms with van der Waals surface area (Å²) < 4.78 is 18.3. The molecule has 0 bridgehead atoms. The van der Waals surface area contributed by atoms with Crippen LogP contribution in [0, 0.1) is 0 Å². The topological polar surface area (TPSA) is 87.4 Å². The normalized spacial score (nSPS) is 11.2. The Balaban J connectivity index is 1.56. The predicted molar refractivity (Wildman–Crippen MR) is 148 cm³/mol. The van der Waals surface area contributed by atoms with Gasteiger partial charge in [-0.05, 0) is 36.4 Å². The average Bonchev–Trinajstić information content (AvgIpc) is 3.40. The molecule has 0 saturated heterocycles. The van der Waals surface area contributed by atoms with E-state index >= 15 is 0 Å². The van der Waals surface area contributed by atoms with Gasteiger partial charge in [0, 0.05) is 61.1 Å². The summed E-state index contributed by atoms with van der Waals surface area (Å²) in [4.78, 5) is 16.1. The number of hydrogen-bond acceptors (Lipinski definition) is 8. The molecule has 5 aromatic rings. The number of hydrogen-bond donors (Lipinski definition) is 0. The smallest absolute Gasteiger partial charge is 0.144 e. The second-order valence-electron chi connectivity index (χ2n) is 8.51. The van der Waals surface area contributed by atoms with Crippen LogP contribution >= 0.6 is 0 Å². The summed E-state index contributed by atoms with van der Waals surface area (Å²) in [6.45, 7) is 0.539. The van der Waals surface area contributed by atoms with E-state index in [9.17, 15) is 0 Å². The van der Waals surface area contributed by atoms with E-state index in [4.69, 9.17) is 19.2 Å². The van der Waals surface area contributed by atoms with Crippen LogP contribution in [-0.4, -0.2) is 52.6 Å². The van der Waals surface area contributed by atoms with Crippen molar-refractivity contribution >= 4 is 28.5 Å². The fraction of sp³-hybridized carbons (Fsp3) is 0.172. The molecule has 0 fully saturated rings. The second-order valence-corrected chi connectivity index (χ2v) is 8.51. The van der Waals surface area contributed by atoms with Gasteiger partial charge in [0.05, 0.1) is 50.5 Å². The van der Waals surface area contributed by atoms with Crippen LogP contribution in [0.15, 0.2) is 79.4 Å². The molecular weight excluding hydrogens is 480 g/mol. The van der Waals surface area contributed by atoms with Crippen molar-refractivity contribution in [3.05, 3.63) is 85.1 Å². The first-order valence-corrected chi connectivity index (χ1v) is 12.0. The molecule has 0 atom stereocenters. The minimum Gasteiger partial charge on any atom is -0.497 e. The molecule has 9 heteroatoms. The van der Waals surface area contributed by atoms with Crippen molar-refractivity contribution in [1.82, 2.24) is 24.7 Å². The molecule has 0 aliphatic carbocycles. The lowest BCUT2D eigenvalue weighted by Crippen LogP contribution is -2.17. The highest BCUT2D eigenvalue weighted by Gasteiger charge is 2.14. The van der Waals surface area contributed by atoms with Crippen molar-refractivity contribution in [2.75, 3.05) is 32.8 Å². The summed E-state index contributed by atoms with van der Waals surface area (Å²) in [5.41, 5.74) is 5.84. The Morgan fingerprint density at radius 2 is 1.68 bits per heavy atom. The monoisotopic (exact) mass is 508 g/mol. The SMILES string of the molecule is COc1cc(OC)cc(N(C/C=C\c2ncccc2OC)c2ccc3ncc(-c4cnn(C)c4)nc3c2)c1. The van der Waals surface area contributed by atoms with Gasteiger partial charge in [0.25, 0.3) is 0 Å². The van der Waals surface area contributed by atoms with Gasteiger partial charge in [-0.3, -0.25) is 14.6 Å². The van der Waals surface area contributed by atoms with Crippen LogP contribution < -0.4 is 19.1 Å². The summed E-state index contributed by atoms with van der Waals surface area (Å²) in [6.07, 6.45) is 11.2. The lowest BCUT2D eigenvalue weighted by molar-refractivity contribution is 0.394. The Hall–Kier alpha value is -4.92.